The molecule has 11 heteroatoms. The highest BCUT2D eigenvalue weighted by Crippen LogP contribution is 2.38. The number of hydrogen-bond acceptors (Lipinski definition) is 3. The first-order chi connectivity index (χ1) is 17.2. The van der Waals surface area contributed by atoms with Gasteiger partial charge in [-0.05, 0) is 54.3 Å². The lowest BCUT2D eigenvalue weighted by atomic mass is 10.0. The third-order valence-electron chi connectivity index (χ3n) is 5.89. The van der Waals surface area contributed by atoms with Gasteiger partial charge >= 0.3 is 18.3 Å². The Morgan fingerprint density at radius 1 is 1.00 bits per heavy atom. The largest absolute Gasteiger partial charge is 0.490 e. The van der Waals surface area contributed by atoms with Crippen LogP contribution in [0.25, 0.3) is 0 Å². The highest BCUT2D eigenvalue weighted by Gasteiger charge is 2.41. The lowest BCUT2D eigenvalue weighted by Crippen LogP contribution is -2.35. The number of likely N-dealkylation sites (tertiary alicyclic amines) is 1. The number of halogens is 7. The molecule has 204 valence electrons. The van der Waals surface area contributed by atoms with Crippen LogP contribution in [-0.4, -0.2) is 41.3 Å². The van der Waals surface area contributed by atoms with Crippen molar-refractivity contribution in [1.29, 1.82) is 0 Å². The first-order valence-electron chi connectivity index (χ1n) is 11.9. The molecule has 1 atom stereocenters. The number of carboxylic acid groups (broad SMARTS) is 1. The molecule has 0 aromatic heterocycles. The van der Waals surface area contributed by atoms with Crippen molar-refractivity contribution < 1.29 is 45.4 Å². The molecule has 4 nitrogen and oxygen atoms in total. The zero-order valence-electron chi connectivity index (χ0n) is 20.0. The zero-order chi connectivity index (χ0) is 27.3. The van der Waals surface area contributed by atoms with Crippen LogP contribution in [0, 0.1) is 0 Å². The molecule has 1 saturated heterocycles. The summed E-state index contributed by atoms with van der Waals surface area (Å²) in [6, 6.07) is 7.72. The summed E-state index contributed by atoms with van der Waals surface area (Å²) in [5, 5.41) is 8.77. The van der Waals surface area contributed by atoms with Gasteiger partial charge in [-0.15, -0.1) is 0 Å². The van der Waals surface area contributed by atoms with E-state index in [1.54, 1.807) is 24.3 Å². The first kappa shape index (κ1) is 28.7. The van der Waals surface area contributed by atoms with Crippen molar-refractivity contribution >= 4 is 5.97 Å². The van der Waals surface area contributed by atoms with Gasteiger partial charge in [0.2, 0.25) is 0 Å². The van der Waals surface area contributed by atoms with Crippen LogP contribution in [0.15, 0.2) is 42.5 Å². The van der Waals surface area contributed by atoms with E-state index in [4.69, 9.17) is 9.84 Å². The van der Waals surface area contributed by atoms with Crippen molar-refractivity contribution in [2.45, 2.75) is 63.1 Å². The SMILES string of the molecule is C1CC1.O=C(O)CCc1cccc(OCC2(F)CCN(Cc3cc(C(F)(F)F)ccc3C(F)(F)F)C2)c1. The number of rotatable bonds is 8. The maximum Gasteiger partial charge on any atom is 0.416 e. The maximum absolute atomic E-state index is 15.3. The minimum Gasteiger partial charge on any atom is -0.490 e. The summed E-state index contributed by atoms with van der Waals surface area (Å²) in [5.74, 6) is -0.648. The molecule has 2 aromatic rings. The van der Waals surface area contributed by atoms with Crippen LogP contribution in [0.1, 0.15) is 54.4 Å². The number of benzene rings is 2. The van der Waals surface area contributed by atoms with Crippen LogP contribution in [-0.2, 0) is 30.1 Å². The smallest absolute Gasteiger partial charge is 0.416 e. The summed E-state index contributed by atoms with van der Waals surface area (Å²) in [6.45, 7) is -1.15. The second-order valence-corrected chi connectivity index (χ2v) is 9.37. The number of ether oxygens (including phenoxy) is 1. The number of carbonyl (C=O) groups is 1. The molecule has 1 heterocycles. The molecule has 2 aliphatic rings. The summed E-state index contributed by atoms with van der Waals surface area (Å²) in [4.78, 5) is 12.0. The number of aliphatic carboxylic acids is 1. The fourth-order valence-corrected chi connectivity index (χ4v) is 3.84. The van der Waals surface area contributed by atoms with E-state index >= 15 is 4.39 Å². The van der Waals surface area contributed by atoms with E-state index in [0.717, 1.165) is 0 Å². The van der Waals surface area contributed by atoms with Gasteiger partial charge in [-0.1, -0.05) is 31.4 Å². The highest BCUT2D eigenvalue weighted by atomic mass is 19.4. The lowest BCUT2D eigenvalue weighted by Gasteiger charge is -2.23. The fourth-order valence-electron chi connectivity index (χ4n) is 3.84. The summed E-state index contributed by atoms with van der Waals surface area (Å²) in [5.41, 5.74) is -4.18. The minimum absolute atomic E-state index is 0.0477. The topological polar surface area (TPSA) is 49.8 Å². The molecule has 1 N–H and O–H groups in total. The number of hydrogen-bond donors (Lipinski definition) is 1. The number of carboxylic acids is 1. The van der Waals surface area contributed by atoms with Gasteiger partial charge < -0.3 is 9.84 Å². The minimum atomic E-state index is -4.85. The summed E-state index contributed by atoms with van der Waals surface area (Å²) < 4.78 is 99.7. The average Bonchev–Trinajstić information content (AvgIpc) is 3.65. The second-order valence-electron chi connectivity index (χ2n) is 9.37. The molecule has 4 rings (SSSR count). The molecule has 0 radical (unpaired) electrons. The maximum atomic E-state index is 15.3. The lowest BCUT2D eigenvalue weighted by molar-refractivity contribution is -0.142. The van der Waals surface area contributed by atoms with Gasteiger partial charge in [0.25, 0.3) is 0 Å². The molecule has 2 aromatic carbocycles. The Balaban J connectivity index is 0.00000118. The van der Waals surface area contributed by atoms with Crippen LogP contribution in [0.5, 0.6) is 5.75 Å². The first-order valence-corrected chi connectivity index (χ1v) is 11.9. The normalized spacial score (nSPS) is 19.8. The van der Waals surface area contributed by atoms with Crippen molar-refractivity contribution in [3.63, 3.8) is 0 Å². The Morgan fingerprint density at radius 2 is 1.70 bits per heavy atom. The van der Waals surface area contributed by atoms with Gasteiger partial charge in [-0.2, -0.15) is 26.3 Å². The van der Waals surface area contributed by atoms with Gasteiger partial charge in [0.1, 0.15) is 12.4 Å². The Bertz CT molecular complexity index is 1070. The molecular formula is C26H28F7NO3. The van der Waals surface area contributed by atoms with Crippen LogP contribution in [0.3, 0.4) is 0 Å². The Hall–Kier alpha value is -2.82. The Labute approximate surface area is 210 Å². The molecule has 1 unspecified atom stereocenters. The fraction of sp³-hybridized carbons (Fsp3) is 0.500. The van der Waals surface area contributed by atoms with E-state index in [0.29, 0.717) is 29.5 Å². The van der Waals surface area contributed by atoms with Crippen molar-refractivity contribution in [2.75, 3.05) is 19.7 Å². The molecule has 0 spiro atoms. The summed E-state index contributed by atoms with van der Waals surface area (Å²) in [6.07, 6.45) is -5.03. The quantitative estimate of drug-likeness (QED) is 0.374. The number of nitrogens with zero attached hydrogens (tertiary/aromatic N) is 1. The average molecular weight is 536 g/mol. The molecular weight excluding hydrogens is 507 g/mol. The van der Waals surface area contributed by atoms with E-state index in [1.807, 2.05) is 0 Å². The zero-order valence-corrected chi connectivity index (χ0v) is 20.0. The molecule has 2 fully saturated rings. The molecule has 0 amide bonds. The third-order valence-corrected chi connectivity index (χ3v) is 5.89. The Kier molecular flexibility index (Phi) is 9.09. The van der Waals surface area contributed by atoms with E-state index in [9.17, 15) is 31.1 Å². The third kappa shape index (κ3) is 9.21. The van der Waals surface area contributed by atoms with Gasteiger partial charge in [0, 0.05) is 26.1 Å². The summed E-state index contributed by atoms with van der Waals surface area (Å²) >= 11 is 0. The predicted molar refractivity (Wildman–Crippen MR) is 122 cm³/mol. The van der Waals surface area contributed by atoms with Crippen molar-refractivity contribution in [3.8, 4) is 5.75 Å². The van der Waals surface area contributed by atoms with E-state index < -0.39 is 53.8 Å². The van der Waals surface area contributed by atoms with Crippen molar-refractivity contribution in [1.82, 2.24) is 4.90 Å². The van der Waals surface area contributed by atoms with E-state index in [2.05, 4.69) is 0 Å². The molecule has 0 bridgehead atoms. The standard InChI is InChI=1S/C23H22F7NO3.C3H6/c24-21(14-34-18-3-1-2-15(10-18)4-7-20(32)33)8-9-31(13-21)12-16-11-17(22(25,26)27)5-6-19(16)23(28,29)30;1-2-3-1/h1-3,5-6,10-11H,4,7-9,12-14H2,(H,32,33);1-3H2. The number of aryl methyl sites for hydroxylation is 1. The second kappa shape index (κ2) is 11.7. The van der Waals surface area contributed by atoms with Gasteiger partial charge in [-0.3, -0.25) is 9.69 Å². The highest BCUT2D eigenvalue weighted by molar-refractivity contribution is 5.67. The summed E-state index contributed by atoms with van der Waals surface area (Å²) in [7, 11) is 0. The van der Waals surface area contributed by atoms with Gasteiger partial charge in [0.15, 0.2) is 5.67 Å². The van der Waals surface area contributed by atoms with Gasteiger partial charge in [0.05, 0.1) is 11.1 Å². The molecule has 37 heavy (non-hydrogen) atoms. The van der Waals surface area contributed by atoms with E-state index in [-0.39, 0.29) is 32.4 Å². The Morgan fingerprint density at radius 3 is 2.30 bits per heavy atom. The van der Waals surface area contributed by atoms with Crippen LogP contribution in [0.4, 0.5) is 30.7 Å². The monoisotopic (exact) mass is 535 g/mol. The number of alkyl halides is 7. The molecule has 1 aliphatic carbocycles. The van der Waals surface area contributed by atoms with Gasteiger partial charge in [-0.25, -0.2) is 4.39 Å². The van der Waals surface area contributed by atoms with Crippen molar-refractivity contribution in [2.24, 2.45) is 0 Å². The van der Waals surface area contributed by atoms with Crippen LogP contribution in [0.2, 0.25) is 0 Å². The van der Waals surface area contributed by atoms with E-state index in [1.165, 1.54) is 24.2 Å². The van der Waals surface area contributed by atoms with Crippen LogP contribution < -0.4 is 4.74 Å². The predicted octanol–water partition coefficient (Wildman–Crippen LogP) is 6.90. The van der Waals surface area contributed by atoms with Crippen molar-refractivity contribution in [3.05, 3.63) is 64.7 Å². The molecule has 1 aliphatic heterocycles. The molecule has 1 saturated carbocycles. The van der Waals surface area contributed by atoms with Crippen LogP contribution >= 0.6 is 0 Å².